The number of halogens is 3. The molecule has 0 amide bonds. The summed E-state index contributed by atoms with van der Waals surface area (Å²) in [6.07, 6.45) is 19.1. The molecule has 0 radical (unpaired) electrons. The van der Waals surface area contributed by atoms with Gasteiger partial charge >= 0.3 is 41.2 Å². The van der Waals surface area contributed by atoms with E-state index in [1.165, 1.54) is 56.2 Å². The van der Waals surface area contributed by atoms with E-state index < -0.39 is 41.2 Å². The van der Waals surface area contributed by atoms with Gasteiger partial charge in [-0.1, -0.05) is 198 Å². The highest BCUT2D eigenvalue weighted by molar-refractivity contribution is 7.98. The first kappa shape index (κ1) is 108. The fraction of sp³-hybridized carbons (Fsp3) is 0.104. The molecule has 0 bridgehead atoms. The number of nitrogens with two attached hydrogens (primary N) is 5. The number of aryl methyl sites for hydroxylation is 1. The van der Waals surface area contributed by atoms with Crippen LogP contribution in [0.5, 0.6) is 34.5 Å². The molecule has 6 aromatic heterocycles. The molecule has 0 unspecified atom stereocenters. The minimum atomic E-state index is -4.10. The highest BCUT2D eigenvalue weighted by Crippen LogP contribution is 2.36. The van der Waals surface area contributed by atoms with Crippen LogP contribution >= 0.6 is 70.7 Å². The van der Waals surface area contributed by atoms with Crippen LogP contribution in [0, 0.1) is 18.8 Å². The number of ether oxygens (including phenoxy) is 1. The van der Waals surface area contributed by atoms with Gasteiger partial charge < -0.3 is 25.7 Å². The number of hydrogen-bond acceptors (Lipinski definition) is 32. The van der Waals surface area contributed by atoms with Gasteiger partial charge in [0, 0.05) is 37.4 Å². The summed E-state index contributed by atoms with van der Waals surface area (Å²) in [6.45, 7) is 6.39. The second kappa shape index (κ2) is 53.6. The summed E-state index contributed by atoms with van der Waals surface area (Å²) in [6, 6.07) is 84.5. The molecule has 18 aromatic rings. The number of rotatable bonds is 35. The summed E-state index contributed by atoms with van der Waals surface area (Å²) in [4.78, 5) is 29.3. The maximum absolute atomic E-state index is 11.0. The summed E-state index contributed by atoms with van der Waals surface area (Å²) in [5.74, 6) is 14.2. The van der Waals surface area contributed by atoms with Gasteiger partial charge in [0.05, 0.1) is 49.3 Å². The molecule has 0 fully saturated rings. The Labute approximate surface area is 862 Å². The normalized spacial score (nSPS) is 11.1. The standard InChI is InChI=1S/C18H14ClN3.2C16H15ClN4O3S2.C16H16N4O4S.2C15H14N4O3S/c1-14-5-6-16(10-18(14)19)8-7-15-3-2-4-17(9-15)11-22-13-20-12-21-22;17-15-7-14(5-6-16(15)24-26(18,22)23)25-9-13-3-1-12(2-4-13)8-21-11-19-10-20-21;17-15-7-14(4-5-16(15)24-26(18,22)23)25-9-13-3-1-2-12(6-13)8-21-11-19-10-20-21;17-23-24-25-22-16-7-5-15(6-8-16)21-10-14-3-1-13(2-4-14)9-20-12-18-11-19-20;16-23(20,21)22-15-6-2-5-14(8-15)13-4-1-3-12(7-13)9-19-11-17-10-18-19;16-23(20,21)22-15-6-4-13(5-7-15)14-3-1-2-12(8-14)9-19-11-17-10-18-19/h2-6,9-10,12-13H,11H2,1H3;2*1-7,10-11H,8-9H2,(H2,18,22,23);1-8,11-12H,9-10,17H2;2*1-8,10-11H,9H2,(H2,16,20,21). The van der Waals surface area contributed by atoms with Gasteiger partial charge in [-0.3, -0.25) is 0 Å². The Balaban J connectivity index is 0.000000146. The molecule has 0 aliphatic heterocycles. The van der Waals surface area contributed by atoms with Crippen molar-refractivity contribution in [2.75, 3.05) is 0 Å². The molecular weight excluding hydrogens is 2060 g/mol. The van der Waals surface area contributed by atoms with Crippen molar-refractivity contribution in [1.82, 2.24) is 88.6 Å². The Kier molecular flexibility index (Phi) is 39.7. The van der Waals surface area contributed by atoms with Gasteiger partial charge in [-0.25, -0.2) is 58.0 Å². The summed E-state index contributed by atoms with van der Waals surface area (Å²) in [5, 5.41) is 45.1. The molecule has 18 rings (SSSR count). The van der Waals surface area contributed by atoms with E-state index in [4.69, 9.17) is 74.4 Å². The second-order valence-electron chi connectivity index (χ2n) is 30.5. The minimum absolute atomic E-state index is 0.00773. The van der Waals surface area contributed by atoms with Gasteiger partial charge in [-0.15, -0.1) is 32.8 Å². The molecule has 0 saturated carbocycles. The lowest BCUT2D eigenvalue weighted by molar-refractivity contribution is -0.199. The van der Waals surface area contributed by atoms with Gasteiger partial charge in [-0.05, 0) is 206 Å². The third kappa shape index (κ3) is 38.5. The van der Waals surface area contributed by atoms with Crippen molar-refractivity contribution >= 4 is 112 Å². The predicted molar refractivity (Wildman–Crippen MR) is 549 cm³/mol. The number of thioether (sulfide) groups is 2. The zero-order chi connectivity index (χ0) is 102. The molecule has 0 saturated heterocycles. The van der Waals surface area contributed by atoms with Crippen LogP contribution < -0.4 is 52.1 Å². The third-order valence-electron chi connectivity index (χ3n) is 19.4. The van der Waals surface area contributed by atoms with Crippen molar-refractivity contribution < 1.29 is 68.6 Å². The van der Waals surface area contributed by atoms with Crippen molar-refractivity contribution in [3.05, 3.63) is 431 Å². The van der Waals surface area contributed by atoms with E-state index in [2.05, 4.69) is 125 Å². The molecule has 0 spiro atoms. The van der Waals surface area contributed by atoms with Gasteiger partial charge in [0.2, 0.25) is 0 Å². The van der Waals surface area contributed by atoms with Crippen molar-refractivity contribution in [1.29, 1.82) is 0 Å². The first-order valence-corrected chi connectivity index (χ1v) is 52.2. The maximum atomic E-state index is 11.0. The van der Waals surface area contributed by atoms with Crippen LogP contribution in [0.15, 0.2) is 359 Å². The maximum Gasteiger partial charge on any atom is 0.380 e. The van der Waals surface area contributed by atoms with Crippen LogP contribution in [0.4, 0.5) is 0 Å². The van der Waals surface area contributed by atoms with E-state index in [-0.39, 0.29) is 33.0 Å². The summed E-state index contributed by atoms with van der Waals surface area (Å²) < 4.78 is 132. The van der Waals surface area contributed by atoms with Crippen molar-refractivity contribution in [2.24, 2.45) is 26.5 Å². The van der Waals surface area contributed by atoms with Crippen molar-refractivity contribution in [2.45, 2.75) is 74.1 Å². The fourth-order valence-corrected chi connectivity index (χ4v) is 17.4. The average molecular weight is 2150 g/mol. The topological polar surface area (TPSA) is 525 Å². The van der Waals surface area contributed by atoms with E-state index in [0.29, 0.717) is 63.9 Å². The molecule has 6 heterocycles. The van der Waals surface area contributed by atoms with Crippen LogP contribution in [-0.2, 0) is 108 Å². The quantitative estimate of drug-likeness (QED) is 0.00615. The second-order valence-corrected chi connectivity index (χ2v) is 38.9. The first-order valence-electron chi connectivity index (χ1n) is 42.6. The van der Waals surface area contributed by atoms with Gasteiger partial charge in [0.15, 0.2) is 11.5 Å². The predicted octanol–water partition coefficient (Wildman–Crippen LogP) is 15.2. The highest BCUT2D eigenvalue weighted by atomic mass is 35.5. The minimum Gasteiger partial charge on any atom is -0.489 e. The van der Waals surface area contributed by atoms with Crippen molar-refractivity contribution in [3.8, 4) is 68.6 Å². The molecule has 49 heteroatoms. The summed E-state index contributed by atoms with van der Waals surface area (Å²) in [5.41, 5.74) is 16.7. The molecule has 0 aliphatic carbocycles. The van der Waals surface area contributed by atoms with E-state index in [0.717, 1.165) is 121 Å². The molecule has 39 nitrogen and oxygen atoms in total. The molecular formula is C96H88Cl3N23O16S7. The molecule has 10 N–H and O–H groups in total. The number of hydrogen-bond donors (Lipinski definition) is 5. The molecule has 12 aromatic carbocycles. The largest absolute Gasteiger partial charge is 0.489 e. The monoisotopic (exact) mass is 2150 g/mol. The number of nitrogens with zero attached hydrogens (tertiary/aromatic N) is 18. The van der Waals surface area contributed by atoms with Gasteiger partial charge in [-0.2, -0.15) is 90.7 Å². The number of aromatic nitrogens is 18. The summed E-state index contributed by atoms with van der Waals surface area (Å²) >= 11 is 22.0. The SMILES string of the molecule is Cc1ccc(C#Cc2cccc(Cn3cncn3)c2)cc1Cl.NOOSOc1ccc(OCc2ccc(Cn3cncn3)cc2)cc1.NS(=O)(=O)Oc1ccc(-c2cccc(Cn3cncn3)c2)cc1.NS(=O)(=O)Oc1ccc(SCc2ccc(Cn3cncn3)cc2)cc1Cl.NS(=O)(=O)Oc1ccc(SCc2cccc(Cn3cncn3)c2)cc1Cl.NS(=O)(=O)Oc1cccc(-c2cccc(Cn3cncn3)c2)c1. The average Bonchev–Trinajstić information content (AvgIpc) is 1.81. The van der Waals surface area contributed by atoms with Crippen LogP contribution in [0.25, 0.3) is 22.3 Å². The van der Waals surface area contributed by atoms with E-state index in [1.54, 1.807) is 175 Å². The van der Waals surface area contributed by atoms with Crippen LogP contribution in [0.2, 0.25) is 15.1 Å². The zero-order valence-electron chi connectivity index (χ0n) is 76.2. The lowest BCUT2D eigenvalue weighted by Crippen LogP contribution is -2.19. The summed E-state index contributed by atoms with van der Waals surface area (Å²) in [7, 11) is -16.2. The van der Waals surface area contributed by atoms with E-state index in [9.17, 15) is 33.7 Å². The van der Waals surface area contributed by atoms with E-state index in [1.807, 2.05) is 146 Å². The van der Waals surface area contributed by atoms with Crippen molar-refractivity contribution in [3.63, 3.8) is 0 Å². The molecule has 0 aliphatic rings. The number of benzene rings is 12. The first-order chi connectivity index (χ1) is 69.8. The van der Waals surface area contributed by atoms with Crippen LogP contribution in [0.3, 0.4) is 0 Å². The molecule has 145 heavy (non-hydrogen) atoms. The van der Waals surface area contributed by atoms with Gasteiger partial charge in [0.25, 0.3) is 12.3 Å². The Morgan fingerprint density at radius 3 is 1.12 bits per heavy atom. The Hall–Kier alpha value is -14.7. The van der Waals surface area contributed by atoms with Crippen LogP contribution in [0.1, 0.15) is 66.8 Å². The third-order valence-corrected chi connectivity index (χ3v) is 24.6. The fourth-order valence-electron chi connectivity index (χ4n) is 13.0. The Bertz CT molecular complexity index is 7730. The van der Waals surface area contributed by atoms with Gasteiger partial charge in [0.1, 0.15) is 106 Å². The van der Waals surface area contributed by atoms with Crippen LogP contribution in [-0.4, -0.2) is 122 Å². The smallest absolute Gasteiger partial charge is 0.380 e. The van der Waals surface area contributed by atoms with E-state index >= 15 is 0 Å². The lowest BCUT2D eigenvalue weighted by atomic mass is 10.0. The Morgan fingerprint density at radius 2 is 0.683 bits per heavy atom. The molecule has 0 atom stereocenters. The molecule has 746 valence electrons. The zero-order valence-corrected chi connectivity index (χ0v) is 84.2. The highest BCUT2D eigenvalue weighted by Gasteiger charge is 2.16. The lowest BCUT2D eigenvalue weighted by Gasteiger charge is -2.08. The Morgan fingerprint density at radius 1 is 0.317 bits per heavy atom.